The van der Waals surface area contributed by atoms with Crippen molar-refractivity contribution in [3.8, 4) is 0 Å². The Bertz CT molecular complexity index is 530. The van der Waals surface area contributed by atoms with Gasteiger partial charge in [0.25, 0.3) is 0 Å². The van der Waals surface area contributed by atoms with Crippen molar-refractivity contribution < 1.29 is 18.0 Å². The fourth-order valence-corrected chi connectivity index (χ4v) is 5.26. The minimum atomic E-state index is -3.02. The number of carbonyl (C=O) groups excluding carboxylic acids is 2. The highest BCUT2D eigenvalue weighted by Crippen LogP contribution is 2.26. The van der Waals surface area contributed by atoms with Crippen molar-refractivity contribution in [1.82, 2.24) is 9.80 Å². The SMILES string of the molecule is O=C1C2CCCCN2C(=O)CCN1C1CCS(=O)(=O)C1. The number of amides is 2. The van der Waals surface area contributed by atoms with E-state index < -0.39 is 9.84 Å². The van der Waals surface area contributed by atoms with Crippen LogP contribution in [0.5, 0.6) is 0 Å². The van der Waals surface area contributed by atoms with E-state index in [1.54, 1.807) is 9.80 Å². The van der Waals surface area contributed by atoms with Crippen molar-refractivity contribution in [2.75, 3.05) is 24.6 Å². The fraction of sp³-hybridized carbons (Fsp3) is 0.846. The van der Waals surface area contributed by atoms with Gasteiger partial charge in [0, 0.05) is 25.6 Å². The Hall–Kier alpha value is -1.11. The van der Waals surface area contributed by atoms with Crippen LogP contribution in [0.1, 0.15) is 32.1 Å². The summed E-state index contributed by atoms with van der Waals surface area (Å²) in [5, 5.41) is 0. The summed E-state index contributed by atoms with van der Waals surface area (Å²) in [5.74, 6) is 0.202. The fourth-order valence-electron chi connectivity index (χ4n) is 3.53. The molecule has 0 aromatic carbocycles. The van der Waals surface area contributed by atoms with Gasteiger partial charge in [-0.05, 0) is 25.7 Å². The Morgan fingerprint density at radius 3 is 2.50 bits per heavy atom. The molecule has 6 nitrogen and oxygen atoms in total. The third-order valence-corrected chi connectivity index (χ3v) is 6.36. The lowest BCUT2D eigenvalue weighted by Crippen LogP contribution is -2.52. The van der Waals surface area contributed by atoms with Crippen molar-refractivity contribution >= 4 is 21.7 Å². The molecule has 3 fully saturated rings. The van der Waals surface area contributed by atoms with Crippen LogP contribution in [-0.2, 0) is 19.4 Å². The normalized spacial score (nSPS) is 34.0. The third-order valence-electron chi connectivity index (χ3n) is 4.61. The van der Waals surface area contributed by atoms with E-state index in [1.807, 2.05) is 0 Å². The number of piperidine rings is 1. The average molecular weight is 300 g/mol. The summed E-state index contributed by atoms with van der Waals surface area (Å²) >= 11 is 0. The average Bonchev–Trinajstić information content (AvgIpc) is 2.72. The summed E-state index contributed by atoms with van der Waals surface area (Å²) in [7, 11) is -3.02. The smallest absolute Gasteiger partial charge is 0.245 e. The summed E-state index contributed by atoms with van der Waals surface area (Å²) in [5.41, 5.74) is 0. The zero-order chi connectivity index (χ0) is 14.3. The number of hydrogen-bond donors (Lipinski definition) is 0. The van der Waals surface area contributed by atoms with Gasteiger partial charge in [0.15, 0.2) is 9.84 Å². The van der Waals surface area contributed by atoms with E-state index in [-0.39, 0.29) is 35.4 Å². The van der Waals surface area contributed by atoms with Crippen molar-refractivity contribution in [3.05, 3.63) is 0 Å². The Labute approximate surface area is 119 Å². The third kappa shape index (κ3) is 2.43. The Morgan fingerprint density at radius 1 is 1.00 bits per heavy atom. The second-order valence-electron chi connectivity index (χ2n) is 5.94. The van der Waals surface area contributed by atoms with Gasteiger partial charge in [-0.1, -0.05) is 0 Å². The molecule has 0 aromatic rings. The van der Waals surface area contributed by atoms with Crippen LogP contribution in [0, 0.1) is 0 Å². The van der Waals surface area contributed by atoms with Crippen LogP contribution in [0.2, 0.25) is 0 Å². The maximum absolute atomic E-state index is 12.7. The van der Waals surface area contributed by atoms with Crippen molar-refractivity contribution in [2.45, 2.75) is 44.2 Å². The lowest BCUT2D eigenvalue weighted by molar-refractivity contribution is -0.144. The molecule has 2 atom stereocenters. The van der Waals surface area contributed by atoms with Gasteiger partial charge in [0.1, 0.15) is 6.04 Å². The minimum absolute atomic E-state index is 0.0337. The second-order valence-corrected chi connectivity index (χ2v) is 8.17. The quantitative estimate of drug-likeness (QED) is 0.671. The molecule has 112 valence electrons. The zero-order valence-corrected chi connectivity index (χ0v) is 12.3. The van der Waals surface area contributed by atoms with Crippen molar-refractivity contribution in [3.63, 3.8) is 0 Å². The number of sulfone groups is 1. The number of rotatable bonds is 1. The van der Waals surface area contributed by atoms with Crippen LogP contribution >= 0.6 is 0 Å². The lowest BCUT2D eigenvalue weighted by Gasteiger charge is -2.35. The van der Waals surface area contributed by atoms with E-state index in [1.165, 1.54) is 0 Å². The van der Waals surface area contributed by atoms with E-state index in [2.05, 4.69) is 0 Å². The van der Waals surface area contributed by atoms with Crippen LogP contribution < -0.4 is 0 Å². The molecule has 3 aliphatic rings. The van der Waals surface area contributed by atoms with E-state index >= 15 is 0 Å². The van der Waals surface area contributed by atoms with Gasteiger partial charge in [0.2, 0.25) is 11.8 Å². The Balaban J connectivity index is 1.82. The topological polar surface area (TPSA) is 74.8 Å². The molecular weight excluding hydrogens is 280 g/mol. The van der Waals surface area contributed by atoms with E-state index in [4.69, 9.17) is 0 Å². The molecule has 0 aromatic heterocycles. The number of fused-ring (bicyclic) bond motifs is 1. The van der Waals surface area contributed by atoms with Crippen LogP contribution in [-0.4, -0.2) is 66.7 Å². The molecule has 3 heterocycles. The van der Waals surface area contributed by atoms with E-state index in [9.17, 15) is 18.0 Å². The van der Waals surface area contributed by atoms with Gasteiger partial charge in [-0.3, -0.25) is 9.59 Å². The summed E-state index contributed by atoms with van der Waals surface area (Å²) < 4.78 is 23.2. The highest BCUT2D eigenvalue weighted by atomic mass is 32.2. The minimum Gasteiger partial charge on any atom is -0.336 e. The van der Waals surface area contributed by atoms with Crippen LogP contribution in [0.15, 0.2) is 0 Å². The Kier molecular flexibility index (Phi) is 3.48. The molecule has 2 unspecified atom stereocenters. The molecule has 0 aliphatic carbocycles. The first kappa shape index (κ1) is 13.9. The summed E-state index contributed by atoms with van der Waals surface area (Å²) in [6.07, 6.45) is 3.44. The largest absolute Gasteiger partial charge is 0.336 e. The van der Waals surface area contributed by atoms with Gasteiger partial charge < -0.3 is 9.80 Å². The molecule has 3 saturated heterocycles. The van der Waals surface area contributed by atoms with E-state index in [0.29, 0.717) is 32.4 Å². The predicted octanol–water partition coefficient (Wildman–Crippen LogP) is -0.213. The first-order chi connectivity index (χ1) is 9.48. The van der Waals surface area contributed by atoms with E-state index in [0.717, 1.165) is 12.8 Å². The molecule has 0 radical (unpaired) electrons. The van der Waals surface area contributed by atoms with Gasteiger partial charge in [-0.15, -0.1) is 0 Å². The number of hydrogen-bond acceptors (Lipinski definition) is 4. The molecule has 0 bridgehead atoms. The molecule has 7 heteroatoms. The molecule has 20 heavy (non-hydrogen) atoms. The highest BCUT2D eigenvalue weighted by molar-refractivity contribution is 7.91. The maximum atomic E-state index is 12.7. The molecule has 2 amide bonds. The summed E-state index contributed by atoms with van der Waals surface area (Å²) in [6, 6.07) is -0.593. The van der Waals surface area contributed by atoms with Crippen LogP contribution in [0.3, 0.4) is 0 Å². The first-order valence-corrected chi connectivity index (χ1v) is 9.10. The van der Waals surface area contributed by atoms with Crippen molar-refractivity contribution in [1.29, 1.82) is 0 Å². The predicted molar refractivity (Wildman–Crippen MR) is 72.7 cm³/mol. The monoisotopic (exact) mass is 300 g/mol. The second kappa shape index (κ2) is 5.02. The molecule has 3 rings (SSSR count). The van der Waals surface area contributed by atoms with Crippen LogP contribution in [0.25, 0.3) is 0 Å². The molecule has 0 spiro atoms. The summed E-state index contributed by atoms with van der Waals surface area (Å²) in [4.78, 5) is 28.1. The first-order valence-electron chi connectivity index (χ1n) is 7.28. The standard InChI is InChI=1S/C13H20N2O4S/c16-12-4-7-14(10-5-8-20(18,19)9-10)13(17)11-3-1-2-6-15(11)12/h10-11H,1-9H2. The molecule has 0 N–H and O–H groups in total. The highest BCUT2D eigenvalue weighted by Gasteiger charge is 2.42. The zero-order valence-electron chi connectivity index (χ0n) is 11.5. The van der Waals surface area contributed by atoms with Crippen molar-refractivity contribution in [2.24, 2.45) is 0 Å². The Morgan fingerprint density at radius 2 is 1.80 bits per heavy atom. The van der Waals surface area contributed by atoms with Gasteiger partial charge in [-0.2, -0.15) is 0 Å². The number of nitrogens with zero attached hydrogens (tertiary/aromatic N) is 2. The van der Waals surface area contributed by atoms with Gasteiger partial charge >= 0.3 is 0 Å². The molecule has 3 aliphatic heterocycles. The van der Waals surface area contributed by atoms with Gasteiger partial charge in [-0.25, -0.2) is 8.42 Å². The molecule has 0 saturated carbocycles. The maximum Gasteiger partial charge on any atom is 0.245 e. The van der Waals surface area contributed by atoms with Crippen LogP contribution in [0.4, 0.5) is 0 Å². The number of carbonyl (C=O) groups is 2. The lowest BCUT2D eigenvalue weighted by atomic mass is 10.0. The molecular formula is C13H20N2O4S. The van der Waals surface area contributed by atoms with Gasteiger partial charge in [0.05, 0.1) is 11.5 Å². The summed E-state index contributed by atoms with van der Waals surface area (Å²) in [6.45, 7) is 1.02.